The lowest BCUT2D eigenvalue weighted by Crippen LogP contribution is -2.53. The van der Waals surface area contributed by atoms with Gasteiger partial charge < -0.3 is 10.2 Å². The molecule has 1 aromatic carbocycles. The molecule has 0 bridgehead atoms. The normalized spacial score (nSPS) is 15.9. The van der Waals surface area contributed by atoms with Crippen molar-refractivity contribution in [1.82, 2.24) is 9.88 Å². The molecular weight excluding hydrogens is 352 g/mol. The van der Waals surface area contributed by atoms with Crippen LogP contribution < -0.4 is 10.2 Å². The number of piperazine rings is 1. The van der Waals surface area contributed by atoms with Gasteiger partial charge in [-0.2, -0.15) is 5.26 Å². The lowest BCUT2D eigenvalue weighted by atomic mass is 10.2. The second kappa shape index (κ2) is 8.10. The predicted octanol–water partition coefficient (Wildman–Crippen LogP) is 2.38. The Morgan fingerprint density at radius 3 is 2.52 bits per heavy atom. The molecule has 1 amide bonds. The Morgan fingerprint density at radius 2 is 1.89 bits per heavy atom. The van der Waals surface area contributed by atoms with Crippen molar-refractivity contribution in [2.24, 2.45) is 0 Å². The largest absolute Gasteiger partial charge is 0.354 e. The molecule has 27 heavy (non-hydrogen) atoms. The van der Waals surface area contributed by atoms with E-state index in [2.05, 4.69) is 16.4 Å². The fourth-order valence-corrected chi connectivity index (χ4v) is 3.01. The molecule has 0 aliphatic carbocycles. The molecule has 8 heteroatoms. The fraction of sp³-hybridized carbons (Fsp3) is 0.316. The number of hydrogen-bond donors (Lipinski definition) is 1. The number of anilines is 2. The van der Waals surface area contributed by atoms with Crippen LogP contribution in [0.1, 0.15) is 12.5 Å². The Hall–Kier alpha value is -3.05. The molecule has 1 aliphatic heterocycles. The number of pyridine rings is 1. The first-order chi connectivity index (χ1) is 13.0. The minimum absolute atomic E-state index is 0.425. The Labute approximate surface area is 156 Å². The fourth-order valence-electron chi connectivity index (χ4n) is 3.01. The number of para-hydroxylation sites is 1. The van der Waals surface area contributed by atoms with Crippen LogP contribution in [0.25, 0.3) is 0 Å². The van der Waals surface area contributed by atoms with Crippen molar-refractivity contribution in [3.63, 3.8) is 0 Å². The van der Waals surface area contributed by atoms with E-state index in [-0.39, 0.29) is 0 Å². The van der Waals surface area contributed by atoms with Crippen molar-refractivity contribution in [2.45, 2.75) is 13.0 Å². The van der Waals surface area contributed by atoms with Crippen LogP contribution in [0.4, 0.5) is 20.3 Å². The molecule has 2 aromatic rings. The zero-order chi connectivity index (χ0) is 19.4. The summed E-state index contributed by atoms with van der Waals surface area (Å²) >= 11 is 0. The molecule has 1 fully saturated rings. The summed E-state index contributed by atoms with van der Waals surface area (Å²) in [7, 11) is 0. The maximum absolute atomic E-state index is 13.7. The first-order valence-corrected chi connectivity index (χ1v) is 8.59. The summed E-state index contributed by atoms with van der Waals surface area (Å²) in [5.41, 5.74) is 0.118. The molecule has 1 N–H and O–H groups in total. The number of halogens is 2. The number of carbonyl (C=O) groups excluding carboxylic acids is 1. The molecule has 3 rings (SSSR count). The van der Waals surface area contributed by atoms with E-state index in [9.17, 15) is 13.6 Å². The van der Waals surface area contributed by atoms with Crippen molar-refractivity contribution in [2.75, 3.05) is 36.4 Å². The molecule has 1 aromatic heterocycles. The van der Waals surface area contributed by atoms with Gasteiger partial charge in [-0.15, -0.1) is 0 Å². The summed E-state index contributed by atoms with van der Waals surface area (Å²) in [5.74, 6) is -1.34. The number of nitrogens with one attached hydrogen (secondary N) is 1. The Morgan fingerprint density at radius 1 is 1.22 bits per heavy atom. The molecule has 140 valence electrons. The third-order valence-corrected chi connectivity index (χ3v) is 4.65. The minimum atomic E-state index is -0.802. The zero-order valence-corrected chi connectivity index (χ0v) is 14.8. The maximum Gasteiger partial charge on any atom is 0.241 e. The lowest BCUT2D eigenvalue weighted by Gasteiger charge is -2.38. The van der Waals surface area contributed by atoms with Gasteiger partial charge in [0.15, 0.2) is 0 Å². The van der Waals surface area contributed by atoms with Gasteiger partial charge in [0, 0.05) is 32.4 Å². The number of hydrogen-bond acceptors (Lipinski definition) is 5. The maximum atomic E-state index is 13.7. The molecule has 6 nitrogen and oxygen atoms in total. The van der Waals surface area contributed by atoms with Crippen LogP contribution in [0.15, 0.2) is 36.5 Å². The Kier molecular flexibility index (Phi) is 5.62. The second-order valence-corrected chi connectivity index (χ2v) is 6.30. The van der Waals surface area contributed by atoms with Crippen molar-refractivity contribution >= 4 is 17.4 Å². The summed E-state index contributed by atoms with van der Waals surface area (Å²) in [5, 5.41) is 11.3. The van der Waals surface area contributed by atoms with E-state index < -0.39 is 29.3 Å². The molecule has 0 radical (unpaired) electrons. The van der Waals surface area contributed by atoms with E-state index in [0.717, 1.165) is 18.0 Å². The van der Waals surface area contributed by atoms with Gasteiger partial charge in [-0.1, -0.05) is 6.07 Å². The van der Waals surface area contributed by atoms with E-state index in [1.807, 2.05) is 9.80 Å². The summed E-state index contributed by atoms with van der Waals surface area (Å²) in [6, 6.07) is 8.38. The van der Waals surface area contributed by atoms with Crippen LogP contribution in [0.5, 0.6) is 0 Å². The average Bonchev–Trinajstić information content (AvgIpc) is 2.70. The Balaban J connectivity index is 1.60. The number of nitriles is 1. The Bertz CT molecular complexity index is 854. The third-order valence-electron chi connectivity index (χ3n) is 4.65. The lowest BCUT2D eigenvalue weighted by molar-refractivity contribution is -0.120. The van der Waals surface area contributed by atoms with E-state index in [1.165, 1.54) is 6.07 Å². The highest BCUT2D eigenvalue weighted by molar-refractivity contribution is 5.94. The first kappa shape index (κ1) is 18.7. The number of amides is 1. The smallest absolute Gasteiger partial charge is 0.241 e. The number of nitrogens with zero attached hydrogens (tertiary/aromatic N) is 4. The highest BCUT2D eigenvalue weighted by Crippen LogP contribution is 2.20. The van der Waals surface area contributed by atoms with Crippen molar-refractivity contribution < 1.29 is 13.6 Å². The van der Waals surface area contributed by atoms with Gasteiger partial charge in [-0.25, -0.2) is 13.8 Å². The van der Waals surface area contributed by atoms with E-state index in [0.29, 0.717) is 31.7 Å². The van der Waals surface area contributed by atoms with Crippen LogP contribution in [-0.4, -0.2) is 48.0 Å². The molecule has 1 saturated heterocycles. The van der Waals surface area contributed by atoms with Gasteiger partial charge in [0.1, 0.15) is 23.1 Å². The molecule has 1 aliphatic rings. The summed E-state index contributed by atoms with van der Waals surface area (Å²) in [6.07, 6.45) is 1.60. The van der Waals surface area contributed by atoms with Crippen molar-refractivity contribution in [1.29, 1.82) is 5.26 Å². The quantitative estimate of drug-likeness (QED) is 0.893. The summed E-state index contributed by atoms with van der Waals surface area (Å²) in [4.78, 5) is 20.7. The highest BCUT2D eigenvalue weighted by Gasteiger charge is 2.27. The minimum Gasteiger partial charge on any atom is -0.354 e. The molecule has 0 spiro atoms. The molecule has 0 saturated carbocycles. The summed E-state index contributed by atoms with van der Waals surface area (Å²) < 4.78 is 27.4. The van der Waals surface area contributed by atoms with Gasteiger partial charge in [-0.3, -0.25) is 9.69 Å². The van der Waals surface area contributed by atoms with E-state index in [4.69, 9.17) is 5.26 Å². The van der Waals surface area contributed by atoms with Gasteiger partial charge >= 0.3 is 0 Å². The highest BCUT2D eigenvalue weighted by atomic mass is 19.1. The molecule has 1 atom stereocenters. The van der Waals surface area contributed by atoms with Gasteiger partial charge in [-0.05, 0) is 31.2 Å². The third kappa shape index (κ3) is 4.20. The number of carbonyl (C=O) groups is 1. The van der Waals surface area contributed by atoms with Crippen molar-refractivity contribution in [3.05, 3.63) is 53.7 Å². The first-order valence-electron chi connectivity index (χ1n) is 8.59. The monoisotopic (exact) mass is 371 g/mol. The van der Waals surface area contributed by atoms with Crippen LogP contribution in [0.3, 0.4) is 0 Å². The topological polar surface area (TPSA) is 72.3 Å². The predicted molar refractivity (Wildman–Crippen MR) is 97.2 cm³/mol. The number of benzene rings is 1. The van der Waals surface area contributed by atoms with E-state index >= 15 is 0 Å². The van der Waals surface area contributed by atoms with Crippen LogP contribution in [0.2, 0.25) is 0 Å². The van der Waals surface area contributed by atoms with Crippen LogP contribution in [0, 0.1) is 23.0 Å². The number of aromatic nitrogens is 1. The van der Waals surface area contributed by atoms with E-state index in [1.54, 1.807) is 25.3 Å². The SMILES string of the molecule is CC(C(=O)Nc1c(F)cccc1F)N1CCN(c2cc(C#N)ccn2)CC1. The van der Waals surface area contributed by atoms with Gasteiger partial charge in [0.2, 0.25) is 5.91 Å². The zero-order valence-electron chi connectivity index (χ0n) is 14.8. The summed E-state index contributed by atoms with van der Waals surface area (Å²) in [6.45, 7) is 4.15. The molecule has 2 heterocycles. The second-order valence-electron chi connectivity index (χ2n) is 6.30. The van der Waals surface area contributed by atoms with Crippen LogP contribution in [-0.2, 0) is 4.79 Å². The van der Waals surface area contributed by atoms with Crippen LogP contribution >= 0.6 is 0 Å². The standard InChI is InChI=1S/C19H19F2N5O/c1-13(19(27)24-18-15(20)3-2-4-16(18)21)25-7-9-26(10-8-25)17-11-14(12-22)5-6-23-17/h2-6,11,13H,7-10H2,1H3,(H,24,27). The average molecular weight is 371 g/mol. The molecule has 1 unspecified atom stereocenters. The van der Waals surface area contributed by atoms with Gasteiger partial charge in [0.05, 0.1) is 17.7 Å². The van der Waals surface area contributed by atoms with Gasteiger partial charge in [0.25, 0.3) is 0 Å². The van der Waals surface area contributed by atoms with Crippen molar-refractivity contribution in [3.8, 4) is 6.07 Å². The molecular formula is C19H19F2N5O. The number of rotatable bonds is 4.